The molecule has 1 saturated carbocycles. The van der Waals surface area contributed by atoms with Gasteiger partial charge in [0.2, 0.25) is 0 Å². The van der Waals surface area contributed by atoms with Crippen molar-refractivity contribution >= 4 is 17.6 Å². The fourth-order valence-electron chi connectivity index (χ4n) is 2.67. The maximum absolute atomic E-state index is 14.1. The van der Waals surface area contributed by atoms with Gasteiger partial charge < -0.3 is 5.32 Å². The first kappa shape index (κ1) is 13.0. The van der Waals surface area contributed by atoms with Crippen molar-refractivity contribution in [3.05, 3.63) is 36.7 Å². The molecule has 0 radical (unpaired) electrons. The number of alkyl halides is 1. The summed E-state index contributed by atoms with van der Waals surface area (Å²) in [6.45, 7) is 3.65. The summed E-state index contributed by atoms with van der Waals surface area (Å²) in [5, 5.41) is 11.5. The Bertz CT molecular complexity index is 558. The molecule has 2 aliphatic rings. The monoisotopic (exact) mass is 272 g/mol. The Balaban J connectivity index is 1.83. The van der Waals surface area contributed by atoms with Crippen molar-refractivity contribution in [2.45, 2.75) is 37.4 Å². The van der Waals surface area contributed by atoms with Crippen molar-refractivity contribution in [3.8, 4) is 0 Å². The summed E-state index contributed by atoms with van der Waals surface area (Å²) in [7, 11) is 0. The van der Waals surface area contributed by atoms with Gasteiger partial charge in [-0.2, -0.15) is 0 Å². The van der Waals surface area contributed by atoms with Crippen LogP contribution in [0.15, 0.2) is 36.0 Å². The zero-order valence-electron chi connectivity index (χ0n) is 11.2. The van der Waals surface area contributed by atoms with Crippen molar-refractivity contribution in [1.29, 1.82) is 0 Å². The van der Waals surface area contributed by atoms with E-state index in [1.165, 1.54) is 0 Å². The van der Waals surface area contributed by atoms with Crippen LogP contribution in [0.4, 0.5) is 10.2 Å². The van der Waals surface area contributed by atoms with Gasteiger partial charge in [-0.1, -0.05) is 12.7 Å². The number of anilines is 1. The first-order valence-corrected chi connectivity index (χ1v) is 6.85. The van der Waals surface area contributed by atoms with E-state index in [4.69, 9.17) is 0 Å². The van der Waals surface area contributed by atoms with Crippen LogP contribution in [0.3, 0.4) is 0 Å². The first-order chi connectivity index (χ1) is 9.73. The van der Waals surface area contributed by atoms with Crippen molar-refractivity contribution in [2.75, 3.05) is 5.32 Å². The van der Waals surface area contributed by atoms with Gasteiger partial charge in [-0.15, -0.1) is 10.2 Å². The number of nitrogens with one attached hydrogen (secondary N) is 1. The number of allylic oxidation sites excluding steroid dienone is 1. The summed E-state index contributed by atoms with van der Waals surface area (Å²) in [5.41, 5.74) is 0.925. The molecular formula is C15H17FN4. The van der Waals surface area contributed by atoms with E-state index in [0.717, 1.165) is 25.0 Å². The second-order valence-electron chi connectivity index (χ2n) is 5.21. The third-order valence-electron chi connectivity index (χ3n) is 3.92. The number of hydrogen-bond donors (Lipinski definition) is 1. The maximum atomic E-state index is 14.1. The van der Waals surface area contributed by atoms with Crippen molar-refractivity contribution in [1.82, 2.24) is 10.2 Å². The molecule has 1 aliphatic heterocycles. The van der Waals surface area contributed by atoms with Gasteiger partial charge in [0.05, 0.1) is 16.9 Å². The van der Waals surface area contributed by atoms with Crippen LogP contribution in [-0.2, 0) is 0 Å². The van der Waals surface area contributed by atoms with Crippen LogP contribution in [0.2, 0.25) is 0 Å². The van der Waals surface area contributed by atoms with Gasteiger partial charge in [-0.05, 0) is 37.5 Å². The van der Waals surface area contributed by atoms with Gasteiger partial charge >= 0.3 is 0 Å². The molecule has 1 atom stereocenters. The average Bonchev–Trinajstić information content (AvgIpc) is 2.44. The molecule has 1 N–H and O–H groups in total. The smallest absolute Gasteiger partial charge is 0.149 e. The van der Waals surface area contributed by atoms with Gasteiger partial charge in [-0.25, -0.2) is 4.39 Å². The Morgan fingerprint density at radius 3 is 2.75 bits per heavy atom. The predicted molar refractivity (Wildman–Crippen MR) is 78.4 cm³/mol. The lowest BCUT2D eigenvalue weighted by atomic mass is 9.71. The molecule has 2 heterocycles. The zero-order chi connectivity index (χ0) is 14.0. The number of nitrogens with zero attached hydrogens (tertiary/aromatic N) is 3. The Morgan fingerprint density at radius 1 is 1.35 bits per heavy atom. The summed E-state index contributed by atoms with van der Waals surface area (Å²) < 4.78 is 14.1. The summed E-state index contributed by atoms with van der Waals surface area (Å²) in [4.78, 5) is 4.27. The molecule has 0 amide bonds. The third kappa shape index (κ3) is 2.24. The first-order valence-electron chi connectivity index (χ1n) is 6.85. The molecule has 0 saturated heterocycles. The number of aromatic nitrogens is 2. The number of rotatable bonds is 4. The molecule has 0 bridgehead atoms. The Kier molecular flexibility index (Phi) is 3.34. The predicted octanol–water partition coefficient (Wildman–Crippen LogP) is 3.15. The molecule has 1 aromatic heterocycles. The van der Waals surface area contributed by atoms with E-state index < -0.39 is 11.7 Å². The van der Waals surface area contributed by atoms with E-state index in [0.29, 0.717) is 18.0 Å². The fourth-order valence-corrected chi connectivity index (χ4v) is 2.67. The highest BCUT2D eigenvalue weighted by Crippen LogP contribution is 2.39. The Labute approximate surface area is 117 Å². The van der Waals surface area contributed by atoms with E-state index in [1.807, 2.05) is 12.1 Å². The number of halogens is 1. The largest absolute Gasteiger partial charge is 0.358 e. The molecule has 4 nitrogen and oxygen atoms in total. The van der Waals surface area contributed by atoms with Crippen LogP contribution < -0.4 is 5.32 Å². The quantitative estimate of drug-likeness (QED) is 0.916. The van der Waals surface area contributed by atoms with Crippen LogP contribution in [-0.4, -0.2) is 27.6 Å². The SMILES string of the molecule is C=Cc1ccc(NC2(C3=NC=CCC3F)CCC2)nn1. The number of hydrogen-bond acceptors (Lipinski definition) is 4. The normalized spacial score (nSPS) is 23.6. The molecule has 1 aromatic rings. The topological polar surface area (TPSA) is 50.2 Å². The van der Waals surface area contributed by atoms with Crippen LogP contribution in [0.5, 0.6) is 0 Å². The van der Waals surface area contributed by atoms with E-state index in [2.05, 4.69) is 27.1 Å². The zero-order valence-corrected chi connectivity index (χ0v) is 11.2. The van der Waals surface area contributed by atoms with Crippen LogP contribution in [0.25, 0.3) is 6.08 Å². The van der Waals surface area contributed by atoms with Gasteiger partial charge in [0.25, 0.3) is 0 Å². The maximum Gasteiger partial charge on any atom is 0.149 e. The Morgan fingerprint density at radius 2 is 2.20 bits per heavy atom. The number of aliphatic imine (C=N–C) groups is 1. The minimum Gasteiger partial charge on any atom is -0.358 e. The molecule has 0 aromatic carbocycles. The molecule has 20 heavy (non-hydrogen) atoms. The minimum atomic E-state index is -1.01. The summed E-state index contributed by atoms with van der Waals surface area (Å²) in [5.74, 6) is 0.653. The van der Waals surface area contributed by atoms with Crippen LogP contribution in [0.1, 0.15) is 31.4 Å². The highest BCUT2D eigenvalue weighted by atomic mass is 19.1. The molecule has 3 rings (SSSR count). The van der Waals surface area contributed by atoms with E-state index in [1.54, 1.807) is 18.4 Å². The molecule has 0 spiro atoms. The van der Waals surface area contributed by atoms with Crippen molar-refractivity contribution in [2.24, 2.45) is 4.99 Å². The third-order valence-corrected chi connectivity index (χ3v) is 3.92. The molecular weight excluding hydrogens is 255 g/mol. The standard InChI is InChI=1S/C15H17FN4/c1-2-11-6-7-13(20-19-11)18-15(8-4-9-15)14-12(16)5-3-10-17-14/h2-3,6-7,10,12H,1,4-5,8-9H2,(H,18,20). The molecule has 5 heteroatoms. The summed E-state index contributed by atoms with van der Waals surface area (Å²) in [6, 6.07) is 3.68. The second kappa shape index (κ2) is 5.15. The van der Waals surface area contributed by atoms with E-state index in [9.17, 15) is 4.39 Å². The lowest BCUT2D eigenvalue weighted by Crippen LogP contribution is -2.55. The van der Waals surface area contributed by atoms with Crippen LogP contribution in [0, 0.1) is 0 Å². The highest BCUT2D eigenvalue weighted by molar-refractivity contribution is 6.01. The van der Waals surface area contributed by atoms with E-state index >= 15 is 0 Å². The second-order valence-corrected chi connectivity index (χ2v) is 5.21. The summed E-state index contributed by atoms with van der Waals surface area (Å²) in [6.07, 6.45) is 7.33. The van der Waals surface area contributed by atoms with Gasteiger partial charge in [-0.3, -0.25) is 4.99 Å². The fraction of sp³-hybridized carbons (Fsp3) is 0.400. The van der Waals surface area contributed by atoms with Gasteiger partial charge in [0, 0.05) is 12.6 Å². The van der Waals surface area contributed by atoms with Crippen molar-refractivity contribution in [3.63, 3.8) is 0 Å². The molecule has 1 fully saturated rings. The van der Waals surface area contributed by atoms with Crippen molar-refractivity contribution < 1.29 is 4.39 Å². The molecule has 104 valence electrons. The molecule has 1 aliphatic carbocycles. The van der Waals surface area contributed by atoms with Gasteiger partial charge in [0.15, 0.2) is 0 Å². The summed E-state index contributed by atoms with van der Waals surface area (Å²) >= 11 is 0. The average molecular weight is 272 g/mol. The highest BCUT2D eigenvalue weighted by Gasteiger charge is 2.45. The lowest BCUT2D eigenvalue weighted by Gasteiger charge is -2.44. The molecule has 1 unspecified atom stereocenters. The van der Waals surface area contributed by atoms with Crippen LogP contribution >= 0.6 is 0 Å². The Hall–Kier alpha value is -2.04. The van der Waals surface area contributed by atoms with Gasteiger partial charge in [0.1, 0.15) is 12.0 Å². The van der Waals surface area contributed by atoms with E-state index in [-0.39, 0.29) is 0 Å². The minimum absolute atomic E-state index is 0.394. The lowest BCUT2D eigenvalue weighted by molar-refractivity contribution is 0.329.